The van der Waals surface area contributed by atoms with E-state index in [9.17, 15) is 9.90 Å². The fraction of sp³-hybridized carbons (Fsp3) is 0.714. The molecule has 6 nitrogen and oxygen atoms in total. The molecule has 0 amide bonds. The number of aliphatic hydroxyl groups is 1. The summed E-state index contributed by atoms with van der Waals surface area (Å²) in [5, 5.41) is 9.35. The first-order valence-corrected chi connectivity index (χ1v) is 7.08. The highest BCUT2D eigenvalue weighted by Gasteiger charge is 2.23. The summed E-state index contributed by atoms with van der Waals surface area (Å²) in [6.07, 6.45) is 3.49. The predicted molar refractivity (Wildman–Crippen MR) is 72.0 cm³/mol. The molecule has 0 aliphatic carbocycles. The summed E-state index contributed by atoms with van der Waals surface area (Å²) in [5.41, 5.74) is 0.935. The van der Waals surface area contributed by atoms with Gasteiger partial charge in [0.2, 0.25) is 0 Å². The smallest absolute Gasteiger partial charge is 0.309 e. The van der Waals surface area contributed by atoms with Crippen LogP contribution in [-0.2, 0) is 33.8 Å². The summed E-state index contributed by atoms with van der Waals surface area (Å²) in [6, 6.07) is 0. The Morgan fingerprint density at radius 3 is 3.00 bits per heavy atom. The van der Waals surface area contributed by atoms with Crippen LogP contribution in [0, 0.1) is 5.92 Å². The Bertz CT molecular complexity index is 454. The maximum atomic E-state index is 11.7. The van der Waals surface area contributed by atoms with Gasteiger partial charge in [-0.25, -0.2) is 4.98 Å². The molecule has 1 fully saturated rings. The third-order valence-electron chi connectivity index (χ3n) is 3.55. The van der Waals surface area contributed by atoms with Gasteiger partial charge in [0.05, 0.1) is 25.2 Å². The molecule has 112 valence electrons. The number of carbonyl (C=O) groups excluding carboxylic acids is 1. The lowest BCUT2D eigenvalue weighted by atomic mass is 10.1. The van der Waals surface area contributed by atoms with Gasteiger partial charge in [0.15, 0.2) is 0 Å². The van der Waals surface area contributed by atoms with Gasteiger partial charge in [0.25, 0.3) is 0 Å². The molecule has 2 atom stereocenters. The largest absolute Gasteiger partial charge is 0.466 e. The SMILES string of the molecule is CCOC(=O)C(C)Cc1cnc(CO)n1CC1CCO1. The minimum atomic E-state index is -0.223. The highest BCUT2D eigenvalue weighted by Crippen LogP contribution is 2.18. The Labute approximate surface area is 118 Å². The van der Waals surface area contributed by atoms with Gasteiger partial charge in [-0.15, -0.1) is 0 Å². The van der Waals surface area contributed by atoms with Crippen molar-refractivity contribution < 1.29 is 19.4 Å². The molecule has 1 aromatic rings. The van der Waals surface area contributed by atoms with E-state index in [-0.39, 0.29) is 24.6 Å². The summed E-state index contributed by atoms with van der Waals surface area (Å²) in [4.78, 5) is 15.9. The first-order valence-electron chi connectivity index (χ1n) is 7.08. The van der Waals surface area contributed by atoms with E-state index in [1.165, 1.54) is 0 Å². The molecule has 1 aromatic heterocycles. The Hall–Kier alpha value is -1.40. The van der Waals surface area contributed by atoms with Crippen LogP contribution in [0.3, 0.4) is 0 Å². The number of aromatic nitrogens is 2. The van der Waals surface area contributed by atoms with Crippen molar-refractivity contribution in [1.29, 1.82) is 0 Å². The maximum absolute atomic E-state index is 11.7. The Balaban J connectivity index is 2.06. The van der Waals surface area contributed by atoms with E-state index in [1.807, 2.05) is 11.5 Å². The molecule has 2 unspecified atom stereocenters. The van der Waals surface area contributed by atoms with Crippen molar-refractivity contribution in [2.75, 3.05) is 13.2 Å². The zero-order chi connectivity index (χ0) is 14.5. The van der Waals surface area contributed by atoms with E-state index >= 15 is 0 Å². The van der Waals surface area contributed by atoms with Gasteiger partial charge in [0.1, 0.15) is 12.4 Å². The van der Waals surface area contributed by atoms with E-state index in [0.717, 1.165) is 18.7 Å². The zero-order valence-electron chi connectivity index (χ0n) is 12.0. The van der Waals surface area contributed by atoms with Crippen molar-refractivity contribution in [2.24, 2.45) is 5.92 Å². The molecule has 1 saturated heterocycles. The van der Waals surface area contributed by atoms with Crippen molar-refractivity contribution in [3.63, 3.8) is 0 Å². The number of nitrogens with zero attached hydrogens (tertiary/aromatic N) is 2. The van der Waals surface area contributed by atoms with Crippen LogP contribution in [0.2, 0.25) is 0 Å². The molecular weight excluding hydrogens is 260 g/mol. The molecule has 0 spiro atoms. The number of carbonyl (C=O) groups is 1. The van der Waals surface area contributed by atoms with Gasteiger partial charge in [-0.1, -0.05) is 6.92 Å². The van der Waals surface area contributed by atoms with Crippen LogP contribution >= 0.6 is 0 Å². The second-order valence-electron chi connectivity index (χ2n) is 5.07. The van der Waals surface area contributed by atoms with Crippen LogP contribution in [0.15, 0.2) is 6.20 Å². The number of imidazole rings is 1. The molecule has 0 aromatic carbocycles. The number of aliphatic hydroxyl groups excluding tert-OH is 1. The number of esters is 1. The highest BCUT2D eigenvalue weighted by molar-refractivity contribution is 5.72. The van der Waals surface area contributed by atoms with E-state index < -0.39 is 0 Å². The van der Waals surface area contributed by atoms with Gasteiger partial charge < -0.3 is 19.1 Å². The second kappa shape index (κ2) is 6.85. The quantitative estimate of drug-likeness (QED) is 0.752. The first-order chi connectivity index (χ1) is 9.65. The lowest BCUT2D eigenvalue weighted by Crippen LogP contribution is -2.32. The first kappa shape index (κ1) is 15.0. The third-order valence-corrected chi connectivity index (χ3v) is 3.55. The fourth-order valence-electron chi connectivity index (χ4n) is 2.28. The molecule has 20 heavy (non-hydrogen) atoms. The third kappa shape index (κ3) is 3.37. The standard InChI is InChI=1S/C14H22N2O4/c1-3-19-14(18)10(2)6-11-7-15-13(9-17)16(11)8-12-4-5-20-12/h7,10,12,17H,3-6,8-9H2,1-2H3. The van der Waals surface area contributed by atoms with E-state index in [1.54, 1.807) is 13.1 Å². The molecule has 1 aliphatic heterocycles. The van der Waals surface area contributed by atoms with E-state index in [0.29, 0.717) is 25.4 Å². The Morgan fingerprint density at radius 1 is 1.70 bits per heavy atom. The number of hydrogen-bond acceptors (Lipinski definition) is 5. The summed E-state index contributed by atoms with van der Waals surface area (Å²) >= 11 is 0. The van der Waals surface area contributed by atoms with Crippen LogP contribution in [-0.4, -0.2) is 39.9 Å². The Morgan fingerprint density at radius 2 is 2.45 bits per heavy atom. The van der Waals surface area contributed by atoms with Crippen molar-refractivity contribution >= 4 is 5.97 Å². The molecule has 0 radical (unpaired) electrons. The topological polar surface area (TPSA) is 73.6 Å². The molecule has 1 aliphatic rings. The molecule has 0 saturated carbocycles. The van der Waals surface area contributed by atoms with Crippen molar-refractivity contribution in [2.45, 2.75) is 45.9 Å². The van der Waals surface area contributed by atoms with Gasteiger partial charge >= 0.3 is 5.97 Å². The van der Waals surface area contributed by atoms with E-state index in [4.69, 9.17) is 9.47 Å². The summed E-state index contributed by atoms with van der Waals surface area (Å²) in [6.45, 7) is 5.39. The van der Waals surface area contributed by atoms with Gasteiger partial charge in [-0.05, 0) is 13.3 Å². The van der Waals surface area contributed by atoms with Crippen molar-refractivity contribution in [1.82, 2.24) is 9.55 Å². The van der Waals surface area contributed by atoms with Crippen LogP contribution in [0.25, 0.3) is 0 Å². The number of rotatable bonds is 7. The van der Waals surface area contributed by atoms with Gasteiger partial charge in [-0.2, -0.15) is 0 Å². The predicted octanol–water partition coefficient (Wildman–Crippen LogP) is 0.906. The average Bonchev–Trinajstić information content (AvgIpc) is 2.76. The van der Waals surface area contributed by atoms with Crippen LogP contribution in [0.4, 0.5) is 0 Å². The number of hydrogen-bond donors (Lipinski definition) is 1. The highest BCUT2D eigenvalue weighted by atomic mass is 16.5. The summed E-state index contributed by atoms with van der Waals surface area (Å²) < 4.78 is 12.4. The second-order valence-corrected chi connectivity index (χ2v) is 5.07. The van der Waals surface area contributed by atoms with Crippen molar-refractivity contribution in [3.8, 4) is 0 Å². The van der Waals surface area contributed by atoms with E-state index in [2.05, 4.69) is 4.98 Å². The molecule has 1 N–H and O–H groups in total. The minimum absolute atomic E-state index is 0.111. The normalized spacial score (nSPS) is 19.4. The molecular formula is C14H22N2O4. The summed E-state index contributed by atoms with van der Waals surface area (Å²) in [7, 11) is 0. The minimum Gasteiger partial charge on any atom is -0.466 e. The zero-order valence-corrected chi connectivity index (χ0v) is 12.0. The van der Waals surface area contributed by atoms with Gasteiger partial charge in [0, 0.05) is 24.9 Å². The molecule has 0 bridgehead atoms. The molecule has 2 rings (SSSR count). The van der Waals surface area contributed by atoms with Crippen LogP contribution in [0.1, 0.15) is 31.8 Å². The van der Waals surface area contributed by atoms with Crippen LogP contribution in [0.5, 0.6) is 0 Å². The van der Waals surface area contributed by atoms with Crippen molar-refractivity contribution in [3.05, 3.63) is 17.7 Å². The lowest BCUT2D eigenvalue weighted by molar-refractivity contribution is -0.147. The molecule has 6 heteroatoms. The van der Waals surface area contributed by atoms with Gasteiger partial charge in [-0.3, -0.25) is 4.79 Å². The average molecular weight is 282 g/mol. The monoisotopic (exact) mass is 282 g/mol. The summed E-state index contributed by atoms with van der Waals surface area (Å²) in [5.74, 6) is 0.191. The fourth-order valence-corrected chi connectivity index (χ4v) is 2.28. The van der Waals surface area contributed by atoms with Crippen LogP contribution < -0.4 is 0 Å². The molecule has 2 heterocycles. The number of ether oxygens (including phenoxy) is 2. The lowest BCUT2D eigenvalue weighted by Gasteiger charge is -2.28. The Kier molecular flexibility index (Phi) is 5.14. The maximum Gasteiger partial charge on any atom is 0.309 e.